The van der Waals surface area contributed by atoms with E-state index in [9.17, 15) is 4.79 Å². The lowest BCUT2D eigenvalue weighted by Crippen LogP contribution is -1.81. The highest BCUT2D eigenvalue weighted by atomic mass is 16.3. The molecule has 0 unspecified atom stereocenters. The third-order valence-electron chi connectivity index (χ3n) is 3.43. The monoisotopic (exact) mass is 274 g/mol. The first kappa shape index (κ1) is 16.6. The van der Waals surface area contributed by atoms with Gasteiger partial charge < -0.3 is 4.42 Å². The Kier molecular flexibility index (Phi) is 9.40. The van der Waals surface area contributed by atoms with Crippen LogP contribution in [-0.2, 0) is 0 Å². The molecule has 0 spiro atoms. The first-order valence-corrected chi connectivity index (χ1v) is 7.90. The van der Waals surface area contributed by atoms with Gasteiger partial charge in [-0.15, -0.1) is 0 Å². The van der Waals surface area contributed by atoms with Gasteiger partial charge in [0.1, 0.15) is 0 Å². The predicted molar refractivity (Wildman–Crippen MR) is 82.8 cm³/mol. The molecule has 2 heteroatoms. The molecule has 1 aromatic rings. The molecule has 1 rings (SSSR count). The van der Waals surface area contributed by atoms with Crippen molar-refractivity contribution in [2.45, 2.75) is 71.1 Å². The van der Waals surface area contributed by atoms with Crippen molar-refractivity contribution in [1.29, 1.82) is 0 Å². The smallest absolute Gasteiger partial charge is 0.186 e. The van der Waals surface area contributed by atoms with Crippen LogP contribution in [0.15, 0.2) is 16.7 Å². The van der Waals surface area contributed by atoms with Crippen molar-refractivity contribution in [3.63, 3.8) is 0 Å². The lowest BCUT2D eigenvalue weighted by molar-refractivity contribution is 0.110. The fraction of sp³-hybridized carbons (Fsp3) is 0.611. The van der Waals surface area contributed by atoms with Gasteiger partial charge in [-0.2, -0.15) is 0 Å². The van der Waals surface area contributed by atoms with E-state index < -0.39 is 0 Å². The second-order valence-corrected chi connectivity index (χ2v) is 5.20. The molecule has 0 aliphatic rings. The summed E-state index contributed by atoms with van der Waals surface area (Å²) in [4.78, 5) is 10.6. The summed E-state index contributed by atoms with van der Waals surface area (Å²) in [6, 6.07) is 1.74. The molecule has 0 aromatic carbocycles. The Morgan fingerprint density at radius 2 is 1.70 bits per heavy atom. The molecule has 0 saturated heterocycles. The second-order valence-electron chi connectivity index (χ2n) is 5.20. The van der Waals surface area contributed by atoms with Gasteiger partial charge in [0.15, 0.2) is 12.0 Å². The summed E-state index contributed by atoms with van der Waals surface area (Å²) in [6.45, 7) is 2.25. The maximum atomic E-state index is 10.6. The first-order valence-electron chi connectivity index (χ1n) is 7.90. The van der Waals surface area contributed by atoms with Crippen LogP contribution in [-0.4, -0.2) is 6.29 Å². The maximum absolute atomic E-state index is 10.6. The van der Waals surface area contributed by atoms with Crippen LogP contribution in [0.3, 0.4) is 0 Å². The van der Waals surface area contributed by atoms with Crippen LogP contribution < -0.4 is 0 Å². The molecule has 110 valence electrons. The number of furan rings is 1. The standard InChI is InChI=1S/C18H26O2/c1-2-3-4-5-6-7-8-9-10-11-12-13-17-14-15-20-18(17)16-19/h14-16H,2-11H2,1H3. The van der Waals surface area contributed by atoms with Crippen molar-refractivity contribution in [3.05, 3.63) is 23.7 Å². The number of hydrogen-bond acceptors (Lipinski definition) is 2. The van der Waals surface area contributed by atoms with Gasteiger partial charge in [-0.05, 0) is 12.5 Å². The summed E-state index contributed by atoms with van der Waals surface area (Å²) in [5.41, 5.74) is 0.705. The highest BCUT2D eigenvalue weighted by molar-refractivity contribution is 5.75. The highest BCUT2D eigenvalue weighted by Crippen LogP contribution is 2.10. The topological polar surface area (TPSA) is 30.2 Å². The molecule has 0 amide bonds. The number of carbonyl (C=O) groups excluding carboxylic acids is 1. The molecule has 0 bridgehead atoms. The molecule has 0 atom stereocenters. The Morgan fingerprint density at radius 3 is 2.35 bits per heavy atom. The molecular formula is C18H26O2. The first-order chi connectivity index (χ1) is 9.88. The number of carbonyl (C=O) groups is 1. The minimum Gasteiger partial charge on any atom is -0.460 e. The van der Waals surface area contributed by atoms with Crippen LogP contribution in [0.1, 0.15) is 87.3 Å². The van der Waals surface area contributed by atoms with E-state index in [1.54, 1.807) is 6.07 Å². The lowest BCUT2D eigenvalue weighted by atomic mass is 10.1. The van der Waals surface area contributed by atoms with Gasteiger partial charge in [0.25, 0.3) is 0 Å². The third kappa shape index (κ3) is 7.19. The number of aldehydes is 1. The normalized spacial score (nSPS) is 10.1. The average molecular weight is 274 g/mol. The molecule has 1 aromatic heterocycles. The molecule has 0 radical (unpaired) electrons. The van der Waals surface area contributed by atoms with Crippen molar-refractivity contribution >= 4 is 6.29 Å². The SMILES string of the molecule is CCCCCCCCCCCC#Cc1ccoc1C=O. The van der Waals surface area contributed by atoms with Crippen molar-refractivity contribution in [2.24, 2.45) is 0 Å². The molecule has 0 aliphatic heterocycles. The van der Waals surface area contributed by atoms with Crippen LogP contribution in [0.2, 0.25) is 0 Å². The van der Waals surface area contributed by atoms with Gasteiger partial charge in [0.2, 0.25) is 0 Å². The Bertz CT molecular complexity index is 420. The molecule has 0 fully saturated rings. The van der Waals surface area contributed by atoms with E-state index >= 15 is 0 Å². The fourth-order valence-corrected chi connectivity index (χ4v) is 2.20. The number of rotatable bonds is 10. The van der Waals surface area contributed by atoms with Crippen LogP contribution >= 0.6 is 0 Å². The Hall–Kier alpha value is -1.49. The van der Waals surface area contributed by atoms with E-state index in [1.165, 1.54) is 57.6 Å². The van der Waals surface area contributed by atoms with Gasteiger partial charge in [0, 0.05) is 6.42 Å². The zero-order valence-corrected chi connectivity index (χ0v) is 12.6. The van der Waals surface area contributed by atoms with Gasteiger partial charge in [-0.1, -0.05) is 70.1 Å². The molecular weight excluding hydrogens is 248 g/mol. The summed E-state index contributed by atoms with van der Waals surface area (Å²) in [5, 5.41) is 0. The average Bonchev–Trinajstić information content (AvgIpc) is 2.92. The van der Waals surface area contributed by atoms with Gasteiger partial charge in [0.05, 0.1) is 11.8 Å². The van der Waals surface area contributed by atoms with Crippen molar-refractivity contribution < 1.29 is 9.21 Å². The molecule has 2 nitrogen and oxygen atoms in total. The van der Waals surface area contributed by atoms with E-state index in [0.29, 0.717) is 17.6 Å². The van der Waals surface area contributed by atoms with E-state index in [4.69, 9.17) is 4.42 Å². The molecule has 0 saturated carbocycles. The maximum Gasteiger partial charge on any atom is 0.186 e. The minimum absolute atomic E-state index is 0.338. The summed E-state index contributed by atoms with van der Waals surface area (Å²) >= 11 is 0. The Labute approximate surface area is 122 Å². The van der Waals surface area contributed by atoms with Crippen molar-refractivity contribution in [3.8, 4) is 11.8 Å². The molecule has 20 heavy (non-hydrogen) atoms. The molecule has 0 N–H and O–H groups in total. The van der Waals surface area contributed by atoms with Gasteiger partial charge in [-0.25, -0.2) is 0 Å². The quantitative estimate of drug-likeness (QED) is 0.326. The summed E-state index contributed by atoms with van der Waals surface area (Å²) < 4.78 is 4.99. The van der Waals surface area contributed by atoms with Crippen molar-refractivity contribution in [1.82, 2.24) is 0 Å². The van der Waals surface area contributed by atoms with Crippen LogP contribution in [0, 0.1) is 11.8 Å². The lowest BCUT2D eigenvalue weighted by Gasteiger charge is -2.00. The summed E-state index contributed by atoms with van der Waals surface area (Å²) in [6.07, 6.45) is 15.1. The predicted octanol–water partition coefficient (Wildman–Crippen LogP) is 5.36. The van der Waals surface area contributed by atoms with Crippen LogP contribution in [0.5, 0.6) is 0 Å². The van der Waals surface area contributed by atoms with E-state index in [-0.39, 0.29) is 0 Å². The highest BCUT2D eigenvalue weighted by Gasteiger charge is 2.00. The van der Waals surface area contributed by atoms with Crippen LogP contribution in [0.4, 0.5) is 0 Å². The number of unbranched alkanes of at least 4 members (excludes halogenated alkanes) is 9. The Morgan fingerprint density at radius 1 is 1.05 bits per heavy atom. The second kappa shape index (κ2) is 11.3. The van der Waals surface area contributed by atoms with Crippen molar-refractivity contribution in [2.75, 3.05) is 0 Å². The Balaban J connectivity index is 1.99. The molecule has 0 aliphatic carbocycles. The largest absolute Gasteiger partial charge is 0.460 e. The van der Waals surface area contributed by atoms with E-state index in [0.717, 1.165) is 12.8 Å². The third-order valence-corrected chi connectivity index (χ3v) is 3.43. The number of hydrogen-bond donors (Lipinski definition) is 0. The zero-order valence-electron chi connectivity index (χ0n) is 12.6. The minimum atomic E-state index is 0.338. The van der Waals surface area contributed by atoms with Gasteiger partial charge >= 0.3 is 0 Å². The van der Waals surface area contributed by atoms with Crippen LogP contribution in [0.25, 0.3) is 0 Å². The zero-order chi connectivity index (χ0) is 14.5. The molecule has 1 heterocycles. The summed E-state index contributed by atoms with van der Waals surface area (Å²) in [5.74, 6) is 6.44. The summed E-state index contributed by atoms with van der Waals surface area (Å²) in [7, 11) is 0. The van der Waals surface area contributed by atoms with E-state index in [1.807, 2.05) is 0 Å². The van der Waals surface area contributed by atoms with Gasteiger partial charge in [-0.3, -0.25) is 4.79 Å². The fourth-order valence-electron chi connectivity index (χ4n) is 2.20. The van der Waals surface area contributed by atoms with E-state index in [2.05, 4.69) is 18.8 Å².